The van der Waals surface area contributed by atoms with Crippen LogP contribution in [-0.2, 0) is 24.8 Å². The molecule has 0 bridgehead atoms. The molecule has 2 N–H and O–H groups in total. The Morgan fingerprint density at radius 3 is 2.08 bits per heavy atom. The highest BCUT2D eigenvalue weighted by Crippen LogP contribution is 2.21. The maximum Gasteiger partial charge on any atom is 0.243 e. The van der Waals surface area contributed by atoms with Crippen molar-refractivity contribution in [3.63, 3.8) is 0 Å². The molecule has 8 nitrogen and oxygen atoms in total. The molecule has 11 heteroatoms. The molecular weight excluding hydrogens is 390 g/mol. The van der Waals surface area contributed by atoms with Gasteiger partial charge in [0, 0.05) is 32.7 Å². The molecule has 0 spiro atoms. The molecule has 25 heavy (non-hydrogen) atoms. The molecule has 0 amide bonds. The first-order valence-corrected chi connectivity index (χ1v) is 10.5. The minimum absolute atomic E-state index is 0. The van der Waals surface area contributed by atoms with Crippen LogP contribution in [-0.4, -0.2) is 71.4 Å². The minimum atomic E-state index is -3.71. The number of sulfonamides is 2. The molecule has 2 rings (SSSR count). The Kier molecular flexibility index (Phi) is 7.81. The van der Waals surface area contributed by atoms with Gasteiger partial charge in [0.25, 0.3) is 0 Å². The molecule has 0 radical (unpaired) electrons. The second-order valence-electron chi connectivity index (χ2n) is 5.59. The maximum atomic E-state index is 12.5. The molecule has 1 aliphatic heterocycles. The summed E-state index contributed by atoms with van der Waals surface area (Å²) in [6.07, 6.45) is 0. The quantitative estimate of drug-likeness (QED) is 0.708. The van der Waals surface area contributed by atoms with E-state index in [0.717, 1.165) is 0 Å². The van der Waals surface area contributed by atoms with E-state index in [-0.39, 0.29) is 34.8 Å². The summed E-state index contributed by atoms with van der Waals surface area (Å²) in [5.74, 6) is 0. The van der Waals surface area contributed by atoms with Crippen molar-refractivity contribution in [1.29, 1.82) is 0 Å². The fourth-order valence-corrected chi connectivity index (χ4v) is 5.05. The number of morpholine rings is 1. The highest BCUT2D eigenvalue weighted by atomic mass is 35.5. The summed E-state index contributed by atoms with van der Waals surface area (Å²) >= 11 is 0. The van der Waals surface area contributed by atoms with Gasteiger partial charge in [0.05, 0.1) is 23.0 Å². The third kappa shape index (κ3) is 4.70. The minimum Gasteiger partial charge on any atom is -0.379 e. The molecule has 144 valence electrons. The van der Waals surface area contributed by atoms with Crippen molar-refractivity contribution in [2.24, 2.45) is 5.73 Å². The SMILES string of the molecule is CC(CN)N(C)S(=O)(=O)c1ccc(S(=O)(=O)N2CCOCC2)cc1.Cl. The van der Waals surface area contributed by atoms with Crippen molar-refractivity contribution in [3.8, 4) is 0 Å². The zero-order chi connectivity index (χ0) is 18.0. The molecule has 1 aromatic carbocycles. The van der Waals surface area contributed by atoms with Gasteiger partial charge in [-0.2, -0.15) is 8.61 Å². The average Bonchev–Trinajstić information content (AvgIpc) is 2.61. The highest BCUT2D eigenvalue weighted by Gasteiger charge is 2.28. The number of nitrogens with zero attached hydrogens (tertiary/aromatic N) is 2. The normalized spacial score (nSPS) is 17.9. The molecule has 1 unspecified atom stereocenters. The van der Waals surface area contributed by atoms with Crippen molar-refractivity contribution >= 4 is 32.5 Å². The van der Waals surface area contributed by atoms with Crippen LogP contribution in [0.4, 0.5) is 0 Å². The first-order chi connectivity index (χ1) is 11.2. The highest BCUT2D eigenvalue weighted by molar-refractivity contribution is 7.89. The van der Waals surface area contributed by atoms with Crippen LogP contribution < -0.4 is 5.73 Å². The Labute approximate surface area is 155 Å². The van der Waals surface area contributed by atoms with Gasteiger partial charge in [-0.3, -0.25) is 0 Å². The van der Waals surface area contributed by atoms with Gasteiger partial charge in [-0.25, -0.2) is 16.8 Å². The van der Waals surface area contributed by atoms with Gasteiger partial charge >= 0.3 is 0 Å². The summed E-state index contributed by atoms with van der Waals surface area (Å²) in [6, 6.07) is 4.90. The van der Waals surface area contributed by atoms with Gasteiger partial charge in [-0.05, 0) is 31.2 Å². The number of benzene rings is 1. The summed E-state index contributed by atoms with van der Waals surface area (Å²) in [4.78, 5) is 0.101. The lowest BCUT2D eigenvalue weighted by Crippen LogP contribution is -2.40. The second-order valence-corrected chi connectivity index (χ2v) is 9.53. The first kappa shape index (κ1) is 22.3. The van der Waals surface area contributed by atoms with Crippen molar-refractivity contribution in [2.45, 2.75) is 22.8 Å². The number of ether oxygens (including phenoxy) is 1. The maximum absolute atomic E-state index is 12.5. The number of halogens is 1. The summed E-state index contributed by atoms with van der Waals surface area (Å²) in [6.45, 7) is 3.19. The smallest absolute Gasteiger partial charge is 0.243 e. The van der Waals surface area contributed by atoms with Gasteiger partial charge in [0.15, 0.2) is 0 Å². The van der Waals surface area contributed by atoms with E-state index in [1.54, 1.807) is 6.92 Å². The fraction of sp³-hybridized carbons (Fsp3) is 0.571. The molecule has 0 aliphatic carbocycles. The Balaban J connectivity index is 0.00000312. The summed E-state index contributed by atoms with van der Waals surface area (Å²) in [7, 11) is -5.90. The van der Waals surface area contributed by atoms with Crippen molar-refractivity contribution in [3.05, 3.63) is 24.3 Å². The second kappa shape index (κ2) is 8.76. The van der Waals surface area contributed by atoms with Gasteiger partial charge < -0.3 is 10.5 Å². The average molecular weight is 414 g/mol. The third-order valence-electron chi connectivity index (χ3n) is 4.07. The van der Waals surface area contributed by atoms with Gasteiger partial charge in [0.2, 0.25) is 20.0 Å². The zero-order valence-electron chi connectivity index (χ0n) is 14.2. The number of nitrogens with two attached hydrogens (primary N) is 1. The summed E-state index contributed by atoms with van der Waals surface area (Å²) in [5.41, 5.74) is 5.51. The van der Waals surface area contributed by atoms with E-state index in [1.807, 2.05) is 0 Å². The largest absolute Gasteiger partial charge is 0.379 e. The van der Waals surface area contributed by atoms with E-state index in [2.05, 4.69) is 0 Å². The topological polar surface area (TPSA) is 110 Å². The molecular formula is C14H24ClN3O5S2. The molecule has 0 aromatic heterocycles. The lowest BCUT2D eigenvalue weighted by molar-refractivity contribution is 0.0730. The number of rotatable bonds is 6. The number of hydrogen-bond donors (Lipinski definition) is 1. The van der Waals surface area contributed by atoms with Crippen molar-refractivity contribution in [2.75, 3.05) is 39.9 Å². The fourth-order valence-electron chi connectivity index (χ4n) is 2.27. The summed E-state index contributed by atoms with van der Waals surface area (Å²) in [5, 5.41) is 0. The summed E-state index contributed by atoms with van der Waals surface area (Å²) < 4.78 is 57.7. The predicted octanol–water partition coefficient (Wildman–Crippen LogP) is 0.0970. The molecule has 1 heterocycles. The van der Waals surface area contributed by atoms with Crippen LogP contribution >= 0.6 is 12.4 Å². The van der Waals surface area contributed by atoms with Crippen LogP contribution in [0.2, 0.25) is 0 Å². The van der Waals surface area contributed by atoms with E-state index in [4.69, 9.17) is 10.5 Å². The van der Waals surface area contributed by atoms with Crippen molar-refractivity contribution in [1.82, 2.24) is 8.61 Å². The van der Waals surface area contributed by atoms with E-state index in [9.17, 15) is 16.8 Å². The Hall–Kier alpha value is -0.750. The molecule has 1 atom stereocenters. The van der Waals surface area contributed by atoms with E-state index >= 15 is 0 Å². The molecule has 1 aliphatic rings. The van der Waals surface area contributed by atoms with E-state index < -0.39 is 20.0 Å². The van der Waals surface area contributed by atoms with Crippen LogP contribution in [0.25, 0.3) is 0 Å². The molecule has 0 saturated carbocycles. The van der Waals surface area contributed by atoms with Crippen LogP contribution in [0, 0.1) is 0 Å². The van der Waals surface area contributed by atoms with E-state index in [1.165, 1.54) is 39.9 Å². The lowest BCUT2D eigenvalue weighted by atomic mass is 10.4. The predicted molar refractivity (Wildman–Crippen MR) is 96.7 cm³/mol. The Morgan fingerprint density at radius 1 is 1.12 bits per heavy atom. The zero-order valence-corrected chi connectivity index (χ0v) is 16.6. The van der Waals surface area contributed by atoms with Crippen LogP contribution in [0.15, 0.2) is 34.1 Å². The van der Waals surface area contributed by atoms with Crippen LogP contribution in [0.1, 0.15) is 6.92 Å². The first-order valence-electron chi connectivity index (χ1n) is 7.57. The number of likely N-dealkylation sites (N-methyl/N-ethyl adjacent to an activating group) is 1. The number of hydrogen-bond acceptors (Lipinski definition) is 6. The van der Waals surface area contributed by atoms with Gasteiger partial charge in [-0.1, -0.05) is 0 Å². The van der Waals surface area contributed by atoms with Crippen molar-refractivity contribution < 1.29 is 21.6 Å². The van der Waals surface area contributed by atoms with Gasteiger partial charge in [-0.15, -0.1) is 12.4 Å². The van der Waals surface area contributed by atoms with Crippen LogP contribution in [0.3, 0.4) is 0 Å². The Bertz CT molecular complexity index is 711. The molecule has 1 aromatic rings. The molecule has 1 saturated heterocycles. The molecule has 1 fully saturated rings. The standard InChI is InChI=1S/C14H23N3O5S2.ClH/c1-12(11-15)16(2)23(18,19)13-3-5-14(6-4-13)24(20,21)17-7-9-22-10-8-17;/h3-6,12H,7-11,15H2,1-2H3;1H. The lowest BCUT2D eigenvalue weighted by Gasteiger charge is -2.26. The van der Waals surface area contributed by atoms with E-state index in [0.29, 0.717) is 26.3 Å². The Morgan fingerprint density at radius 2 is 1.60 bits per heavy atom. The third-order valence-corrected chi connectivity index (χ3v) is 7.97. The van der Waals surface area contributed by atoms with Gasteiger partial charge in [0.1, 0.15) is 0 Å². The monoisotopic (exact) mass is 413 g/mol. The van der Waals surface area contributed by atoms with Crippen LogP contribution in [0.5, 0.6) is 0 Å².